The van der Waals surface area contributed by atoms with Crippen LogP contribution >= 0.6 is 15.9 Å². The lowest BCUT2D eigenvalue weighted by Gasteiger charge is -2.14. The van der Waals surface area contributed by atoms with Gasteiger partial charge in [0.15, 0.2) is 0 Å². The first-order chi connectivity index (χ1) is 9.88. The van der Waals surface area contributed by atoms with Crippen molar-refractivity contribution in [3.05, 3.63) is 57.6 Å². The van der Waals surface area contributed by atoms with E-state index in [0.717, 1.165) is 10.2 Å². The molecule has 0 amide bonds. The van der Waals surface area contributed by atoms with Crippen LogP contribution < -0.4 is 10.5 Å². The third-order valence-electron chi connectivity index (χ3n) is 3.32. The van der Waals surface area contributed by atoms with Gasteiger partial charge in [0.2, 0.25) is 0 Å². The summed E-state index contributed by atoms with van der Waals surface area (Å²) in [5, 5.41) is 7.63. The summed E-state index contributed by atoms with van der Waals surface area (Å²) < 4.78 is 6.80. The van der Waals surface area contributed by atoms with Crippen LogP contribution in [0.3, 0.4) is 0 Å². The normalized spacial score (nSPS) is 10.7. The van der Waals surface area contributed by atoms with Crippen LogP contribution in [0.5, 0.6) is 11.5 Å². The Kier molecular flexibility index (Phi) is 4.68. The molecule has 2 aromatic carbocycles. The Labute approximate surface area is 133 Å². The molecule has 0 saturated carbocycles. The average Bonchev–Trinajstić information content (AvgIpc) is 2.37. The number of nitrogens with two attached hydrogens (primary N) is 1. The van der Waals surface area contributed by atoms with Gasteiger partial charge in [0.25, 0.3) is 0 Å². The van der Waals surface area contributed by atoms with Crippen molar-refractivity contribution in [1.82, 2.24) is 0 Å². The minimum Gasteiger partial charge on any atom is -0.457 e. The number of nitrogens with one attached hydrogen (secondary N) is 1. The second-order valence-electron chi connectivity index (χ2n) is 5.33. The molecular weight excluding hydrogens is 328 g/mol. The van der Waals surface area contributed by atoms with Crippen molar-refractivity contribution in [2.24, 2.45) is 5.73 Å². The summed E-state index contributed by atoms with van der Waals surface area (Å²) in [5.41, 5.74) is 8.69. The third kappa shape index (κ3) is 3.64. The van der Waals surface area contributed by atoms with Crippen LogP contribution in [0.1, 0.15) is 36.5 Å². The molecule has 0 aliphatic heterocycles. The van der Waals surface area contributed by atoms with E-state index < -0.39 is 0 Å². The number of halogens is 1. The van der Waals surface area contributed by atoms with Gasteiger partial charge in [-0.05, 0) is 54.3 Å². The number of hydrogen-bond donors (Lipinski definition) is 2. The molecule has 0 aliphatic rings. The highest BCUT2D eigenvalue weighted by atomic mass is 79.9. The van der Waals surface area contributed by atoms with Gasteiger partial charge in [0.05, 0.1) is 5.56 Å². The van der Waals surface area contributed by atoms with E-state index in [-0.39, 0.29) is 5.84 Å². The number of benzene rings is 2. The monoisotopic (exact) mass is 346 g/mol. The van der Waals surface area contributed by atoms with E-state index in [4.69, 9.17) is 15.9 Å². The van der Waals surface area contributed by atoms with Gasteiger partial charge in [-0.15, -0.1) is 0 Å². The Bertz CT molecular complexity index is 680. The predicted molar refractivity (Wildman–Crippen MR) is 90.5 cm³/mol. The molecule has 4 heteroatoms. The Hall–Kier alpha value is -1.81. The summed E-state index contributed by atoms with van der Waals surface area (Å²) in [4.78, 5) is 0. The van der Waals surface area contributed by atoms with Crippen molar-refractivity contribution in [3.63, 3.8) is 0 Å². The highest BCUT2D eigenvalue weighted by molar-refractivity contribution is 9.10. The molecule has 0 unspecified atom stereocenters. The molecular formula is C17H19BrN2O. The number of rotatable bonds is 4. The molecule has 0 heterocycles. The summed E-state index contributed by atoms with van der Waals surface area (Å²) in [5.74, 6) is 1.80. The molecule has 0 bridgehead atoms. The molecule has 110 valence electrons. The SMILES string of the molecule is Cc1cc(Oc2cc(Br)ccc2C(=N)N)ccc1C(C)C. The van der Waals surface area contributed by atoms with E-state index in [0.29, 0.717) is 17.2 Å². The van der Waals surface area contributed by atoms with Gasteiger partial charge >= 0.3 is 0 Å². The molecule has 0 fully saturated rings. The zero-order valence-electron chi connectivity index (χ0n) is 12.4. The molecule has 21 heavy (non-hydrogen) atoms. The summed E-state index contributed by atoms with van der Waals surface area (Å²) in [6.07, 6.45) is 0. The zero-order valence-corrected chi connectivity index (χ0v) is 14.0. The number of ether oxygens (including phenoxy) is 1. The van der Waals surface area contributed by atoms with Crippen molar-refractivity contribution in [3.8, 4) is 11.5 Å². The second kappa shape index (κ2) is 6.31. The fraction of sp³-hybridized carbons (Fsp3) is 0.235. The van der Waals surface area contributed by atoms with E-state index in [2.05, 4.69) is 42.8 Å². The van der Waals surface area contributed by atoms with Gasteiger partial charge in [-0.25, -0.2) is 0 Å². The summed E-state index contributed by atoms with van der Waals surface area (Å²) >= 11 is 3.41. The van der Waals surface area contributed by atoms with E-state index >= 15 is 0 Å². The molecule has 2 aromatic rings. The first-order valence-electron chi connectivity index (χ1n) is 6.81. The maximum Gasteiger partial charge on any atom is 0.139 e. The van der Waals surface area contributed by atoms with Crippen LogP contribution in [0.25, 0.3) is 0 Å². The first-order valence-corrected chi connectivity index (χ1v) is 7.60. The van der Waals surface area contributed by atoms with Crippen LogP contribution in [0.4, 0.5) is 0 Å². The average molecular weight is 347 g/mol. The minimum absolute atomic E-state index is 0.00646. The van der Waals surface area contributed by atoms with Crippen molar-refractivity contribution in [2.45, 2.75) is 26.7 Å². The number of nitrogen functional groups attached to an aromatic ring is 1. The van der Waals surface area contributed by atoms with Crippen molar-refractivity contribution >= 4 is 21.8 Å². The van der Waals surface area contributed by atoms with E-state index in [1.54, 1.807) is 6.07 Å². The zero-order chi connectivity index (χ0) is 15.6. The highest BCUT2D eigenvalue weighted by Gasteiger charge is 2.10. The second-order valence-corrected chi connectivity index (χ2v) is 6.24. The van der Waals surface area contributed by atoms with Gasteiger partial charge in [-0.3, -0.25) is 5.41 Å². The van der Waals surface area contributed by atoms with E-state index in [9.17, 15) is 0 Å². The maximum atomic E-state index is 7.63. The van der Waals surface area contributed by atoms with Gasteiger partial charge in [-0.1, -0.05) is 35.8 Å². The van der Waals surface area contributed by atoms with Gasteiger partial charge in [0, 0.05) is 4.47 Å². The summed E-state index contributed by atoms with van der Waals surface area (Å²) in [6.45, 7) is 6.42. The Morgan fingerprint density at radius 2 is 1.90 bits per heavy atom. The molecule has 0 radical (unpaired) electrons. The van der Waals surface area contributed by atoms with Crippen molar-refractivity contribution < 1.29 is 4.74 Å². The standard InChI is InChI=1S/C17H19BrN2O/c1-10(2)14-7-5-13(8-11(14)3)21-16-9-12(18)4-6-15(16)17(19)20/h4-10H,1-3H3,(H3,19,20). The molecule has 0 spiro atoms. The molecule has 0 aliphatic carbocycles. The van der Waals surface area contributed by atoms with Crippen LogP contribution in [-0.2, 0) is 0 Å². The van der Waals surface area contributed by atoms with Crippen molar-refractivity contribution in [1.29, 1.82) is 5.41 Å². The summed E-state index contributed by atoms with van der Waals surface area (Å²) in [7, 11) is 0. The number of hydrogen-bond acceptors (Lipinski definition) is 2. The van der Waals surface area contributed by atoms with Gasteiger partial charge in [-0.2, -0.15) is 0 Å². The van der Waals surface area contributed by atoms with Gasteiger partial charge < -0.3 is 10.5 Å². The molecule has 2 rings (SSSR count). The summed E-state index contributed by atoms with van der Waals surface area (Å²) in [6, 6.07) is 11.5. The molecule has 3 N–H and O–H groups in total. The van der Waals surface area contributed by atoms with E-state index in [1.807, 2.05) is 24.3 Å². The maximum absolute atomic E-state index is 7.63. The quantitative estimate of drug-likeness (QED) is 0.607. The van der Waals surface area contributed by atoms with Crippen molar-refractivity contribution in [2.75, 3.05) is 0 Å². The molecule has 0 atom stereocenters. The lowest BCUT2D eigenvalue weighted by Crippen LogP contribution is -2.12. The van der Waals surface area contributed by atoms with Gasteiger partial charge in [0.1, 0.15) is 17.3 Å². The molecule has 0 saturated heterocycles. The van der Waals surface area contributed by atoms with Crippen LogP contribution in [0, 0.1) is 12.3 Å². The topological polar surface area (TPSA) is 59.1 Å². The minimum atomic E-state index is -0.00646. The first kappa shape index (κ1) is 15.6. The lowest BCUT2D eigenvalue weighted by molar-refractivity contribution is 0.480. The predicted octanol–water partition coefficient (Wildman–Crippen LogP) is 4.96. The Morgan fingerprint density at radius 1 is 1.19 bits per heavy atom. The number of amidine groups is 1. The third-order valence-corrected chi connectivity index (χ3v) is 3.82. The Morgan fingerprint density at radius 3 is 2.48 bits per heavy atom. The molecule has 0 aromatic heterocycles. The Balaban J connectivity index is 2.36. The van der Waals surface area contributed by atoms with Crippen LogP contribution in [0.2, 0.25) is 0 Å². The fourth-order valence-electron chi connectivity index (χ4n) is 2.29. The number of aryl methyl sites for hydroxylation is 1. The van der Waals surface area contributed by atoms with Crippen LogP contribution in [-0.4, -0.2) is 5.84 Å². The van der Waals surface area contributed by atoms with E-state index in [1.165, 1.54) is 11.1 Å². The highest BCUT2D eigenvalue weighted by Crippen LogP contribution is 2.30. The lowest BCUT2D eigenvalue weighted by atomic mass is 9.98. The largest absolute Gasteiger partial charge is 0.457 e. The fourth-order valence-corrected chi connectivity index (χ4v) is 2.63. The molecule has 3 nitrogen and oxygen atoms in total. The van der Waals surface area contributed by atoms with Crippen LogP contribution in [0.15, 0.2) is 40.9 Å². The smallest absolute Gasteiger partial charge is 0.139 e.